The number of hydrogen-bond donors (Lipinski definition) is 1. The van der Waals surface area contributed by atoms with Crippen molar-refractivity contribution in [3.05, 3.63) is 47.0 Å². The summed E-state index contributed by atoms with van der Waals surface area (Å²) in [6.07, 6.45) is 5.39. The average molecular weight is 354 g/mol. The van der Waals surface area contributed by atoms with Crippen molar-refractivity contribution in [3.63, 3.8) is 0 Å². The molecule has 0 aliphatic carbocycles. The number of aromatic nitrogens is 1. The summed E-state index contributed by atoms with van der Waals surface area (Å²) in [5, 5.41) is 14.1. The summed E-state index contributed by atoms with van der Waals surface area (Å²) >= 11 is 1.31. The quantitative estimate of drug-likeness (QED) is 0.566. The van der Waals surface area contributed by atoms with E-state index in [1.54, 1.807) is 17.7 Å². The van der Waals surface area contributed by atoms with E-state index >= 15 is 0 Å². The molecule has 1 aromatic carbocycles. The number of thiazole rings is 1. The first kappa shape index (κ1) is 18.7. The molecule has 0 radical (unpaired) electrons. The fraction of sp³-hybridized carbons (Fsp3) is 0.316. The van der Waals surface area contributed by atoms with E-state index in [2.05, 4.69) is 29.0 Å². The first-order valence-electron chi connectivity index (χ1n) is 8.35. The van der Waals surface area contributed by atoms with Gasteiger partial charge in [0.15, 0.2) is 5.13 Å². The maximum absolute atomic E-state index is 12.1. The van der Waals surface area contributed by atoms with Gasteiger partial charge >= 0.3 is 0 Å². The monoisotopic (exact) mass is 354 g/mol. The van der Waals surface area contributed by atoms with Crippen LogP contribution >= 0.6 is 11.3 Å². The normalized spacial score (nSPS) is 11.0. The van der Waals surface area contributed by atoms with Crippen molar-refractivity contribution in [2.45, 2.75) is 26.7 Å². The van der Waals surface area contributed by atoms with Crippen LogP contribution in [0.5, 0.6) is 0 Å². The molecule has 0 saturated heterocycles. The summed E-state index contributed by atoms with van der Waals surface area (Å²) in [6, 6.07) is 9.89. The molecule has 1 aromatic heterocycles. The van der Waals surface area contributed by atoms with Gasteiger partial charge in [-0.3, -0.25) is 10.1 Å². The van der Waals surface area contributed by atoms with Crippen molar-refractivity contribution < 1.29 is 4.79 Å². The molecule has 130 valence electrons. The predicted molar refractivity (Wildman–Crippen MR) is 104 cm³/mol. The number of carbonyl (C=O) groups excluding carboxylic acids is 1. The molecule has 6 heteroatoms. The van der Waals surface area contributed by atoms with Crippen LogP contribution in [0.2, 0.25) is 0 Å². The van der Waals surface area contributed by atoms with Crippen LogP contribution in [0.3, 0.4) is 0 Å². The second-order valence-corrected chi connectivity index (χ2v) is 6.43. The summed E-state index contributed by atoms with van der Waals surface area (Å²) in [5.74, 6) is -0.444. The maximum atomic E-state index is 12.1. The minimum atomic E-state index is -0.444. The lowest BCUT2D eigenvalue weighted by Gasteiger charge is -2.23. The standard InChI is InChI=1S/C19H22N4OS/c1-3-10-23(11-4-2)17-7-5-15(6-8-17)13-16(14-20)18(24)22-19-21-9-12-25-19/h5-9,12-13H,3-4,10-11H2,1-2H3,(H,21,22,24)/b16-13+. The third-order valence-electron chi connectivity index (χ3n) is 3.57. The molecule has 2 rings (SSSR count). The van der Waals surface area contributed by atoms with Gasteiger partial charge in [-0.25, -0.2) is 4.98 Å². The number of anilines is 2. The highest BCUT2D eigenvalue weighted by atomic mass is 32.1. The van der Waals surface area contributed by atoms with E-state index in [0.29, 0.717) is 5.13 Å². The van der Waals surface area contributed by atoms with E-state index in [-0.39, 0.29) is 5.57 Å². The van der Waals surface area contributed by atoms with Gasteiger partial charge in [-0.2, -0.15) is 5.26 Å². The number of amides is 1. The Morgan fingerprint density at radius 1 is 1.28 bits per heavy atom. The maximum Gasteiger partial charge on any atom is 0.268 e. The Hall–Kier alpha value is -2.65. The SMILES string of the molecule is CCCN(CCC)c1ccc(/C=C(\C#N)C(=O)Nc2nccs2)cc1. The van der Waals surface area contributed by atoms with E-state index < -0.39 is 5.91 Å². The van der Waals surface area contributed by atoms with Gasteiger partial charge in [0.05, 0.1) is 0 Å². The molecular weight excluding hydrogens is 332 g/mol. The van der Waals surface area contributed by atoms with E-state index in [9.17, 15) is 10.1 Å². The van der Waals surface area contributed by atoms with Gasteiger partial charge in [-0.15, -0.1) is 11.3 Å². The van der Waals surface area contributed by atoms with E-state index in [1.807, 2.05) is 30.3 Å². The Morgan fingerprint density at radius 2 is 1.96 bits per heavy atom. The van der Waals surface area contributed by atoms with E-state index in [1.165, 1.54) is 11.3 Å². The third kappa shape index (κ3) is 5.44. The minimum absolute atomic E-state index is 0.0573. The van der Waals surface area contributed by atoms with Crippen LogP contribution in [0.25, 0.3) is 6.08 Å². The van der Waals surface area contributed by atoms with E-state index in [4.69, 9.17) is 0 Å². The second-order valence-electron chi connectivity index (χ2n) is 5.54. The third-order valence-corrected chi connectivity index (χ3v) is 4.26. The lowest BCUT2D eigenvalue weighted by atomic mass is 10.1. The van der Waals surface area contributed by atoms with Gasteiger partial charge in [0.1, 0.15) is 11.6 Å². The largest absolute Gasteiger partial charge is 0.372 e. The van der Waals surface area contributed by atoms with Crippen LogP contribution in [0, 0.1) is 11.3 Å². The number of nitrogens with one attached hydrogen (secondary N) is 1. The molecular formula is C19H22N4OS. The highest BCUT2D eigenvalue weighted by Crippen LogP contribution is 2.18. The highest BCUT2D eigenvalue weighted by Gasteiger charge is 2.11. The van der Waals surface area contributed by atoms with Crippen molar-refractivity contribution in [1.82, 2.24) is 4.98 Å². The first-order valence-corrected chi connectivity index (χ1v) is 9.23. The molecule has 0 spiro atoms. The number of benzene rings is 1. The van der Waals surface area contributed by atoms with Gasteiger partial charge in [0.2, 0.25) is 0 Å². The molecule has 25 heavy (non-hydrogen) atoms. The molecule has 1 amide bonds. The molecule has 2 aromatic rings. The van der Waals surface area contributed by atoms with Gasteiger partial charge < -0.3 is 4.90 Å². The zero-order valence-corrected chi connectivity index (χ0v) is 15.3. The number of nitriles is 1. The van der Waals surface area contributed by atoms with Crippen molar-refractivity contribution >= 4 is 34.1 Å². The highest BCUT2D eigenvalue weighted by molar-refractivity contribution is 7.13. The van der Waals surface area contributed by atoms with Gasteiger partial charge in [0, 0.05) is 30.4 Å². The fourth-order valence-corrected chi connectivity index (χ4v) is 2.98. The number of carbonyl (C=O) groups is 1. The Morgan fingerprint density at radius 3 is 2.48 bits per heavy atom. The number of rotatable bonds is 8. The summed E-state index contributed by atoms with van der Waals surface area (Å²) in [7, 11) is 0. The van der Waals surface area contributed by atoms with E-state index in [0.717, 1.165) is 37.2 Å². The smallest absolute Gasteiger partial charge is 0.268 e. The van der Waals surface area contributed by atoms with Gasteiger partial charge in [-0.05, 0) is 36.6 Å². The average Bonchev–Trinajstić information content (AvgIpc) is 3.13. The number of hydrogen-bond acceptors (Lipinski definition) is 5. The zero-order valence-electron chi connectivity index (χ0n) is 14.5. The predicted octanol–water partition coefficient (Wildman–Crippen LogP) is 4.32. The Labute approximate surface area is 152 Å². The molecule has 1 N–H and O–H groups in total. The summed E-state index contributed by atoms with van der Waals surface area (Å²) in [5.41, 5.74) is 2.04. The zero-order chi connectivity index (χ0) is 18.1. The lowest BCUT2D eigenvalue weighted by Crippen LogP contribution is -2.24. The molecule has 5 nitrogen and oxygen atoms in total. The number of nitrogens with zero attached hydrogens (tertiary/aromatic N) is 3. The molecule has 0 saturated carbocycles. The van der Waals surface area contributed by atoms with Crippen molar-refractivity contribution in [1.29, 1.82) is 5.26 Å². The Balaban J connectivity index is 2.12. The van der Waals surface area contributed by atoms with Crippen LogP contribution < -0.4 is 10.2 Å². The Kier molecular flexibility index (Phi) is 7.17. The lowest BCUT2D eigenvalue weighted by molar-refractivity contribution is -0.112. The topological polar surface area (TPSA) is 69.0 Å². The molecule has 0 aliphatic rings. The molecule has 1 heterocycles. The van der Waals surface area contributed by atoms with Crippen molar-refractivity contribution in [2.24, 2.45) is 0 Å². The summed E-state index contributed by atoms with van der Waals surface area (Å²) in [6.45, 7) is 6.37. The van der Waals surface area contributed by atoms with Gasteiger partial charge in [0.25, 0.3) is 5.91 Å². The van der Waals surface area contributed by atoms with Crippen LogP contribution in [0.15, 0.2) is 41.4 Å². The molecule has 0 unspecified atom stereocenters. The molecule has 0 fully saturated rings. The molecule has 0 bridgehead atoms. The minimum Gasteiger partial charge on any atom is -0.372 e. The van der Waals surface area contributed by atoms with Crippen LogP contribution in [-0.4, -0.2) is 24.0 Å². The van der Waals surface area contributed by atoms with Crippen LogP contribution in [-0.2, 0) is 4.79 Å². The molecule has 0 atom stereocenters. The molecule has 0 aliphatic heterocycles. The van der Waals surface area contributed by atoms with Gasteiger partial charge in [-0.1, -0.05) is 26.0 Å². The summed E-state index contributed by atoms with van der Waals surface area (Å²) < 4.78 is 0. The second kappa shape index (κ2) is 9.60. The Bertz CT molecular complexity index is 739. The van der Waals surface area contributed by atoms with Crippen molar-refractivity contribution in [3.8, 4) is 6.07 Å². The van der Waals surface area contributed by atoms with Crippen molar-refractivity contribution in [2.75, 3.05) is 23.3 Å². The van der Waals surface area contributed by atoms with Crippen LogP contribution in [0.4, 0.5) is 10.8 Å². The summed E-state index contributed by atoms with van der Waals surface area (Å²) in [4.78, 5) is 18.5. The van der Waals surface area contributed by atoms with Crippen LogP contribution in [0.1, 0.15) is 32.3 Å². The fourth-order valence-electron chi connectivity index (χ4n) is 2.46. The first-order chi connectivity index (χ1) is 12.2.